The molecule has 0 saturated heterocycles. The molecule has 0 aliphatic carbocycles. The monoisotopic (exact) mass is 656 g/mol. The van der Waals surface area contributed by atoms with E-state index >= 15 is 0 Å². The Balaban J connectivity index is 1.09. The number of hydrogen-bond donors (Lipinski definition) is 0. The van der Waals surface area contributed by atoms with Crippen molar-refractivity contribution in [1.29, 1.82) is 0 Å². The molecule has 11 aromatic carbocycles. The largest absolute Gasteiger partial charge is 0.0616 e. The number of benzene rings is 11. The van der Waals surface area contributed by atoms with Crippen LogP contribution in [0.3, 0.4) is 0 Å². The second-order valence-electron chi connectivity index (χ2n) is 14.1. The molecule has 0 aliphatic heterocycles. The Morgan fingerprint density at radius 1 is 0.192 bits per heavy atom. The van der Waals surface area contributed by atoms with E-state index in [1.807, 2.05) is 0 Å². The molecule has 0 fully saturated rings. The first-order valence-corrected chi connectivity index (χ1v) is 18.1. The molecule has 0 saturated carbocycles. The highest BCUT2D eigenvalue weighted by Crippen LogP contribution is 2.43. The van der Waals surface area contributed by atoms with E-state index in [1.54, 1.807) is 0 Å². The van der Waals surface area contributed by atoms with Crippen molar-refractivity contribution in [1.82, 2.24) is 0 Å². The summed E-state index contributed by atoms with van der Waals surface area (Å²) in [7, 11) is 0. The molecule has 0 aromatic heterocycles. The number of hydrogen-bond acceptors (Lipinski definition) is 0. The molecule has 0 N–H and O–H groups in total. The van der Waals surface area contributed by atoms with Gasteiger partial charge in [0.15, 0.2) is 0 Å². The molecule has 11 aromatic rings. The number of rotatable bonds is 3. The average Bonchev–Trinajstić information content (AvgIpc) is 3.22. The summed E-state index contributed by atoms with van der Waals surface area (Å²) in [5.74, 6) is 0. The van der Waals surface area contributed by atoms with E-state index in [0.29, 0.717) is 0 Å². The van der Waals surface area contributed by atoms with Gasteiger partial charge < -0.3 is 0 Å². The normalized spacial score (nSPS) is 11.8. The van der Waals surface area contributed by atoms with Gasteiger partial charge in [0, 0.05) is 0 Å². The smallest absolute Gasteiger partial charge is 0.00206 e. The van der Waals surface area contributed by atoms with Gasteiger partial charge in [0.2, 0.25) is 0 Å². The van der Waals surface area contributed by atoms with Crippen LogP contribution in [-0.4, -0.2) is 0 Å². The molecule has 0 nitrogen and oxygen atoms in total. The van der Waals surface area contributed by atoms with Crippen molar-refractivity contribution in [2.45, 2.75) is 0 Å². The van der Waals surface area contributed by atoms with E-state index in [9.17, 15) is 0 Å². The van der Waals surface area contributed by atoms with E-state index in [-0.39, 0.29) is 0 Å². The maximum Gasteiger partial charge on any atom is -0.00206 e. The maximum atomic E-state index is 2.41. The van der Waals surface area contributed by atoms with Gasteiger partial charge in [-0.15, -0.1) is 0 Å². The lowest BCUT2D eigenvalue weighted by Gasteiger charge is -2.17. The lowest BCUT2D eigenvalue weighted by molar-refractivity contribution is 1.65. The van der Waals surface area contributed by atoms with Crippen molar-refractivity contribution < 1.29 is 0 Å². The maximum absolute atomic E-state index is 2.41. The standard InChI is InChI=1S/C52H32/c1-7-17-44-33(11-1)25-26-48-51(31-39-14-4-8-18-45(39)52(44)48)50-32-41(29-37-12-2-6-16-43(37)50)36-22-21-35-28-40(24-23-34(35)27-36)49-30-38-13-3-5-15-42(38)46-19-9-10-20-47(46)49/h1-32H. The minimum absolute atomic E-state index is 1.22. The lowest BCUT2D eigenvalue weighted by atomic mass is 9.87. The van der Waals surface area contributed by atoms with E-state index in [0.717, 1.165) is 0 Å². The van der Waals surface area contributed by atoms with Crippen molar-refractivity contribution in [3.8, 4) is 33.4 Å². The van der Waals surface area contributed by atoms with Crippen LogP contribution in [0, 0.1) is 0 Å². The second-order valence-corrected chi connectivity index (χ2v) is 14.1. The molecule has 0 spiro atoms. The van der Waals surface area contributed by atoms with Crippen LogP contribution in [0.1, 0.15) is 0 Å². The minimum Gasteiger partial charge on any atom is -0.0616 e. The first-order chi connectivity index (χ1) is 25.8. The van der Waals surface area contributed by atoms with Gasteiger partial charge in [0.1, 0.15) is 0 Å². The highest BCUT2D eigenvalue weighted by molar-refractivity contribution is 6.25. The molecule has 0 bridgehead atoms. The zero-order valence-electron chi connectivity index (χ0n) is 28.5. The van der Waals surface area contributed by atoms with Gasteiger partial charge in [-0.3, -0.25) is 0 Å². The second kappa shape index (κ2) is 11.4. The fourth-order valence-electron chi connectivity index (χ4n) is 8.68. The third-order valence-electron chi connectivity index (χ3n) is 11.2. The summed E-state index contributed by atoms with van der Waals surface area (Å²) in [4.78, 5) is 0. The van der Waals surface area contributed by atoms with Crippen LogP contribution in [0.5, 0.6) is 0 Å². The topological polar surface area (TPSA) is 0 Å². The Morgan fingerprint density at radius 3 is 1.40 bits per heavy atom. The van der Waals surface area contributed by atoms with E-state index < -0.39 is 0 Å². The summed E-state index contributed by atoms with van der Waals surface area (Å²) in [6, 6.07) is 72.0. The Bertz CT molecular complexity index is 3220. The van der Waals surface area contributed by atoms with Crippen LogP contribution < -0.4 is 0 Å². The summed E-state index contributed by atoms with van der Waals surface area (Å²) in [6.07, 6.45) is 0. The van der Waals surface area contributed by atoms with Gasteiger partial charge >= 0.3 is 0 Å². The van der Waals surface area contributed by atoms with E-state index in [1.165, 1.54) is 109 Å². The highest BCUT2D eigenvalue weighted by atomic mass is 14.2. The number of fused-ring (bicyclic) bond motifs is 10. The van der Waals surface area contributed by atoms with Crippen LogP contribution >= 0.6 is 0 Å². The predicted molar refractivity (Wildman–Crippen MR) is 225 cm³/mol. The predicted octanol–water partition coefficient (Wildman–Crippen LogP) is 14.8. The molecule has 240 valence electrons. The van der Waals surface area contributed by atoms with Crippen LogP contribution in [0.25, 0.3) is 109 Å². The zero-order valence-corrected chi connectivity index (χ0v) is 28.5. The summed E-state index contributed by atoms with van der Waals surface area (Å²) >= 11 is 0. The fraction of sp³-hybridized carbons (Fsp3) is 0. The summed E-state index contributed by atoms with van der Waals surface area (Å²) in [5, 5.41) is 17.9. The molecule has 0 unspecified atom stereocenters. The fourth-order valence-corrected chi connectivity index (χ4v) is 8.68. The molecule has 0 heteroatoms. The molecule has 0 radical (unpaired) electrons. The van der Waals surface area contributed by atoms with E-state index in [2.05, 4.69) is 194 Å². The van der Waals surface area contributed by atoms with Crippen molar-refractivity contribution in [3.05, 3.63) is 194 Å². The van der Waals surface area contributed by atoms with Gasteiger partial charge in [-0.2, -0.15) is 0 Å². The average molecular weight is 657 g/mol. The molecule has 0 aliphatic rings. The lowest BCUT2D eigenvalue weighted by Crippen LogP contribution is -1.90. The van der Waals surface area contributed by atoms with Crippen molar-refractivity contribution in [3.63, 3.8) is 0 Å². The van der Waals surface area contributed by atoms with Gasteiger partial charge in [-0.1, -0.05) is 158 Å². The van der Waals surface area contributed by atoms with Crippen molar-refractivity contribution in [2.75, 3.05) is 0 Å². The van der Waals surface area contributed by atoms with E-state index in [4.69, 9.17) is 0 Å². The first-order valence-electron chi connectivity index (χ1n) is 18.1. The van der Waals surface area contributed by atoms with Gasteiger partial charge in [0.25, 0.3) is 0 Å². The first kappa shape index (κ1) is 29.0. The Hall–Kier alpha value is -6.76. The van der Waals surface area contributed by atoms with Gasteiger partial charge in [0.05, 0.1) is 0 Å². The molecule has 0 atom stereocenters. The zero-order chi connectivity index (χ0) is 34.2. The third-order valence-corrected chi connectivity index (χ3v) is 11.2. The quantitative estimate of drug-likeness (QED) is 0.166. The molecular formula is C52H32. The van der Waals surface area contributed by atoms with Crippen LogP contribution in [0.15, 0.2) is 194 Å². The molecule has 11 rings (SSSR count). The Morgan fingerprint density at radius 2 is 0.654 bits per heavy atom. The highest BCUT2D eigenvalue weighted by Gasteiger charge is 2.16. The van der Waals surface area contributed by atoms with Crippen LogP contribution in [-0.2, 0) is 0 Å². The van der Waals surface area contributed by atoms with Crippen LogP contribution in [0.2, 0.25) is 0 Å². The molecule has 0 amide bonds. The summed E-state index contributed by atoms with van der Waals surface area (Å²) in [6.45, 7) is 0. The SMILES string of the molecule is c1ccc2c(-c3cc4ccccc4c4c3ccc3ccccc34)cc(-c3ccc4cc(-c5cc6ccccc6c6ccccc56)ccc4c3)cc2c1. The summed E-state index contributed by atoms with van der Waals surface area (Å²) in [5.41, 5.74) is 7.49. The molecule has 0 heterocycles. The van der Waals surface area contributed by atoms with Crippen molar-refractivity contribution >= 4 is 75.4 Å². The molecular weight excluding hydrogens is 625 g/mol. The minimum atomic E-state index is 1.22. The third kappa shape index (κ3) is 4.48. The van der Waals surface area contributed by atoms with Crippen LogP contribution in [0.4, 0.5) is 0 Å². The Kier molecular flexibility index (Phi) is 6.35. The van der Waals surface area contributed by atoms with Gasteiger partial charge in [-0.05, 0) is 145 Å². The van der Waals surface area contributed by atoms with Crippen molar-refractivity contribution in [2.24, 2.45) is 0 Å². The Labute approximate surface area is 301 Å². The summed E-state index contributed by atoms with van der Waals surface area (Å²) < 4.78 is 0. The van der Waals surface area contributed by atoms with Gasteiger partial charge in [-0.25, -0.2) is 0 Å². The molecule has 52 heavy (non-hydrogen) atoms.